The van der Waals surface area contributed by atoms with Crippen LogP contribution in [-0.4, -0.2) is 56.7 Å². The summed E-state index contributed by atoms with van der Waals surface area (Å²) in [6.07, 6.45) is 0. The zero-order chi connectivity index (χ0) is 13.7. The Morgan fingerprint density at radius 3 is 2.89 bits per heavy atom. The van der Waals surface area contributed by atoms with Gasteiger partial charge in [-0.05, 0) is 11.4 Å². The maximum absolute atomic E-state index is 11.9. The van der Waals surface area contributed by atoms with Gasteiger partial charge in [0.05, 0.1) is 32.4 Å². The monoisotopic (exact) mass is 284 g/mol. The van der Waals surface area contributed by atoms with Gasteiger partial charge in [0.1, 0.15) is 5.00 Å². The van der Waals surface area contributed by atoms with Crippen molar-refractivity contribution >= 4 is 28.2 Å². The van der Waals surface area contributed by atoms with E-state index in [0.717, 1.165) is 13.1 Å². The number of anilines is 1. The molecule has 7 heteroatoms. The van der Waals surface area contributed by atoms with Gasteiger partial charge in [-0.25, -0.2) is 4.79 Å². The smallest absolute Gasteiger partial charge is 0.340 e. The van der Waals surface area contributed by atoms with Gasteiger partial charge in [-0.2, -0.15) is 0 Å². The number of rotatable bonds is 4. The molecule has 6 nitrogen and oxygen atoms in total. The van der Waals surface area contributed by atoms with Crippen LogP contribution in [0.3, 0.4) is 0 Å². The summed E-state index contributed by atoms with van der Waals surface area (Å²) in [6.45, 7) is 3.12. The van der Waals surface area contributed by atoms with E-state index in [2.05, 4.69) is 10.1 Å². The lowest BCUT2D eigenvalue weighted by molar-refractivity contribution is -0.118. The summed E-state index contributed by atoms with van der Waals surface area (Å²) in [5.74, 6) is -0.572. The van der Waals surface area contributed by atoms with E-state index in [4.69, 9.17) is 4.74 Å². The number of methoxy groups -OCH3 is 1. The number of carbonyl (C=O) groups excluding carboxylic acids is 2. The average molecular weight is 284 g/mol. The quantitative estimate of drug-likeness (QED) is 0.829. The third kappa shape index (κ3) is 3.76. The number of ether oxygens (including phenoxy) is 2. The van der Waals surface area contributed by atoms with Crippen LogP contribution in [0.5, 0.6) is 0 Å². The number of morpholine rings is 1. The molecule has 2 heterocycles. The van der Waals surface area contributed by atoms with Gasteiger partial charge < -0.3 is 14.8 Å². The first-order chi connectivity index (χ1) is 9.20. The van der Waals surface area contributed by atoms with E-state index in [1.165, 1.54) is 18.4 Å². The molecule has 1 aliphatic heterocycles. The molecule has 0 aliphatic carbocycles. The van der Waals surface area contributed by atoms with Crippen LogP contribution in [0.25, 0.3) is 0 Å². The Balaban J connectivity index is 1.91. The van der Waals surface area contributed by atoms with E-state index in [9.17, 15) is 9.59 Å². The highest BCUT2D eigenvalue weighted by Gasteiger charge is 2.18. The van der Waals surface area contributed by atoms with E-state index < -0.39 is 5.97 Å². The van der Waals surface area contributed by atoms with Crippen molar-refractivity contribution in [1.29, 1.82) is 0 Å². The minimum Gasteiger partial charge on any atom is -0.465 e. The van der Waals surface area contributed by atoms with Gasteiger partial charge in [0.15, 0.2) is 0 Å². The summed E-state index contributed by atoms with van der Waals surface area (Å²) in [5, 5.41) is 5.03. The molecule has 2 rings (SSSR count). The summed E-state index contributed by atoms with van der Waals surface area (Å²) in [6, 6.07) is 1.64. The van der Waals surface area contributed by atoms with Crippen molar-refractivity contribution in [2.45, 2.75) is 0 Å². The second-order valence-corrected chi connectivity index (χ2v) is 5.01. The second kappa shape index (κ2) is 6.65. The molecule has 104 valence electrons. The number of nitrogens with zero attached hydrogens (tertiary/aromatic N) is 1. The van der Waals surface area contributed by atoms with Gasteiger partial charge in [0.2, 0.25) is 5.91 Å². The third-order valence-corrected chi connectivity index (χ3v) is 3.62. The van der Waals surface area contributed by atoms with Crippen LogP contribution < -0.4 is 5.32 Å². The van der Waals surface area contributed by atoms with Gasteiger partial charge in [0.25, 0.3) is 0 Å². The van der Waals surface area contributed by atoms with E-state index in [0.29, 0.717) is 30.3 Å². The van der Waals surface area contributed by atoms with Crippen LogP contribution in [0.15, 0.2) is 11.4 Å². The van der Waals surface area contributed by atoms with Crippen molar-refractivity contribution in [2.75, 3.05) is 45.3 Å². The van der Waals surface area contributed by atoms with Crippen molar-refractivity contribution in [3.63, 3.8) is 0 Å². The van der Waals surface area contributed by atoms with Crippen molar-refractivity contribution in [2.24, 2.45) is 0 Å². The molecule has 0 atom stereocenters. The molecule has 1 aromatic rings. The van der Waals surface area contributed by atoms with Crippen LogP contribution in [0.2, 0.25) is 0 Å². The van der Waals surface area contributed by atoms with Crippen molar-refractivity contribution in [3.05, 3.63) is 17.0 Å². The number of thiophene rings is 1. The number of esters is 1. The molecule has 0 aromatic carbocycles. The molecule has 19 heavy (non-hydrogen) atoms. The molecular weight excluding hydrogens is 268 g/mol. The predicted molar refractivity (Wildman–Crippen MR) is 71.5 cm³/mol. The van der Waals surface area contributed by atoms with Gasteiger partial charge in [-0.15, -0.1) is 11.3 Å². The Hall–Kier alpha value is -1.44. The first-order valence-electron chi connectivity index (χ1n) is 5.96. The minimum absolute atomic E-state index is 0.130. The summed E-state index contributed by atoms with van der Waals surface area (Å²) >= 11 is 1.31. The molecular formula is C12H16N2O4S. The van der Waals surface area contributed by atoms with Gasteiger partial charge >= 0.3 is 5.97 Å². The summed E-state index contributed by atoms with van der Waals surface area (Å²) in [4.78, 5) is 25.4. The van der Waals surface area contributed by atoms with E-state index in [1.807, 2.05) is 4.90 Å². The van der Waals surface area contributed by atoms with Gasteiger partial charge in [-0.1, -0.05) is 0 Å². The highest BCUT2D eigenvalue weighted by molar-refractivity contribution is 7.14. The van der Waals surface area contributed by atoms with Crippen molar-refractivity contribution in [1.82, 2.24) is 4.90 Å². The minimum atomic E-state index is -0.442. The van der Waals surface area contributed by atoms with E-state index >= 15 is 0 Å². The fraction of sp³-hybridized carbons (Fsp3) is 0.500. The second-order valence-electron chi connectivity index (χ2n) is 4.09. The lowest BCUT2D eigenvalue weighted by Crippen LogP contribution is -2.41. The van der Waals surface area contributed by atoms with Crippen LogP contribution in [-0.2, 0) is 14.3 Å². The normalized spacial score (nSPS) is 16.1. The standard InChI is InChI=1S/C12H16N2O4S/c1-17-12(16)9-2-7-19-11(9)13-10(15)8-14-3-5-18-6-4-14/h2,7H,3-6,8H2,1H3,(H,13,15). The molecule has 1 amide bonds. The Kier molecular flexibility index (Phi) is 4.89. The SMILES string of the molecule is COC(=O)c1ccsc1NC(=O)CN1CCOCC1. The highest BCUT2D eigenvalue weighted by atomic mass is 32.1. The maximum Gasteiger partial charge on any atom is 0.340 e. The highest BCUT2D eigenvalue weighted by Crippen LogP contribution is 2.23. The number of carbonyl (C=O) groups is 2. The van der Waals surface area contributed by atoms with E-state index in [1.54, 1.807) is 11.4 Å². The van der Waals surface area contributed by atoms with Crippen molar-refractivity contribution < 1.29 is 19.1 Å². The summed E-state index contributed by atoms with van der Waals surface area (Å²) in [5.41, 5.74) is 0.392. The lowest BCUT2D eigenvalue weighted by Gasteiger charge is -2.25. The number of nitrogens with one attached hydrogen (secondary N) is 1. The molecule has 1 fully saturated rings. The molecule has 0 unspecified atom stereocenters. The fourth-order valence-corrected chi connectivity index (χ4v) is 2.60. The largest absolute Gasteiger partial charge is 0.465 e. The molecule has 1 saturated heterocycles. The zero-order valence-electron chi connectivity index (χ0n) is 10.7. The van der Waals surface area contributed by atoms with Crippen LogP contribution in [0.1, 0.15) is 10.4 Å². The Morgan fingerprint density at radius 2 is 2.21 bits per heavy atom. The molecule has 1 aliphatic rings. The molecule has 0 radical (unpaired) electrons. The Labute approximate surface area is 115 Å². The summed E-state index contributed by atoms with van der Waals surface area (Å²) < 4.78 is 9.88. The number of amides is 1. The van der Waals surface area contributed by atoms with Crippen molar-refractivity contribution in [3.8, 4) is 0 Å². The molecule has 1 aromatic heterocycles. The lowest BCUT2D eigenvalue weighted by atomic mass is 10.3. The molecule has 0 spiro atoms. The van der Waals surface area contributed by atoms with Gasteiger partial charge in [-0.3, -0.25) is 9.69 Å². The Bertz CT molecular complexity index is 454. The Morgan fingerprint density at radius 1 is 1.47 bits per heavy atom. The molecule has 0 saturated carbocycles. The molecule has 0 bridgehead atoms. The van der Waals surface area contributed by atoms with Crippen LogP contribution in [0, 0.1) is 0 Å². The third-order valence-electron chi connectivity index (χ3n) is 2.79. The first-order valence-corrected chi connectivity index (χ1v) is 6.84. The maximum atomic E-state index is 11.9. The first kappa shape index (κ1) is 14.0. The topological polar surface area (TPSA) is 67.9 Å². The number of hydrogen-bond donors (Lipinski definition) is 1. The van der Waals surface area contributed by atoms with E-state index in [-0.39, 0.29) is 5.91 Å². The summed E-state index contributed by atoms with van der Waals surface area (Å²) in [7, 11) is 1.32. The molecule has 1 N–H and O–H groups in total. The zero-order valence-corrected chi connectivity index (χ0v) is 11.5. The predicted octanol–water partition coefficient (Wildman–Crippen LogP) is 0.805. The van der Waals surface area contributed by atoms with Gasteiger partial charge in [0, 0.05) is 13.1 Å². The fourth-order valence-electron chi connectivity index (χ4n) is 1.81. The van der Waals surface area contributed by atoms with Crippen LogP contribution >= 0.6 is 11.3 Å². The van der Waals surface area contributed by atoms with Crippen LogP contribution in [0.4, 0.5) is 5.00 Å². The average Bonchev–Trinajstić information content (AvgIpc) is 2.87. The number of hydrogen-bond acceptors (Lipinski definition) is 6.